The van der Waals surface area contributed by atoms with E-state index in [4.69, 9.17) is 4.74 Å². The number of hydrogen-bond donors (Lipinski definition) is 0. The number of anilines is 1. The predicted octanol–water partition coefficient (Wildman–Crippen LogP) is 0.188. The molecule has 6 nitrogen and oxygen atoms in total. The number of aromatic nitrogens is 2. The molecule has 1 saturated heterocycles. The Bertz CT molecular complexity index is 391. The van der Waals surface area contributed by atoms with Crippen LogP contribution in [-0.2, 0) is 21.3 Å². The van der Waals surface area contributed by atoms with Gasteiger partial charge < -0.3 is 18.9 Å². The summed E-state index contributed by atoms with van der Waals surface area (Å²) in [5, 5.41) is 0. The lowest BCUT2D eigenvalue weighted by Gasteiger charge is -2.33. The second-order valence-electron chi connectivity index (χ2n) is 4.06. The van der Waals surface area contributed by atoms with Crippen molar-refractivity contribution in [3.63, 3.8) is 0 Å². The van der Waals surface area contributed by atoms with E-state index in [0.717, 1.165) is 12.5 Å². The minimum absolute atomic E-state index is 0.118. The summed E-state index contributed by atoms with van der Waals surface area (Å²) >= 11 is 0. The van der Waals surface area contributed by atoms with Crippen molar-refractivity contribution in [1.82, 2.24) is 9.55 Å². The van der Waals surface area contributed by atoms with Gasteiger partial charge in [0.25, 0.3) is 0 Å². The van der Waals surface area contributed by atoms with Crippen LogP contribution in [0.25, 0.3) is 0 Å². The fraction of sp³-hybridized carbons (Fsp3) is 0.636. The number of rotatable bonds is 3. The maximum absolute atomic E-state index is 11.2. The Kier molecular flexibility index (Phi) is 3.63. The van der Waals surface area contributed by atoms with Gasteiger partial charge in [-0.2, -0.15) is 0 Å². The molecule has 0 spiro atoms. The van der Waals surface area contributed by atoms with E-state index in [2.05, 4.69) is 14.6 Å². The van der Waals surface area contributed by atoms with Gasteiger partial charge in [-0.05, 0) is 0 Å². The number of nitrogens with zero attached hydrogens (tertiary/aromatic N) is 3. The Hall–Kier alpha value is -1.56. The van der Waals surface area contributed by atoms with E-state index in [9.17, 15) is 4.79 Å². The van der Waals surface area contributed by atoms with E-state index in [1.807, 2.05) is 17.8 Å². The van der Waals surface area contributed by atoms with Crippen molar-refractivity contribution >= 4 is 11.9 Å². The lowest BCUT2D eigenvalue weighted by atomic mass is 10.2. The molecule has 0 amide bonds. The third-order valence-electron chi connectivity index (χ3n) is 2.84. The Morgan fingerprint density at radius 3 is 3.18 bits per heavy atom. The second kappa shape index (κ2) is 5.18. The SMILES string of the molecule is COC(=O)CC1CN(c2nccn2C)CCO1. The van der Waals surface area contributed by atoms with Gasteiger partial charge in [-0.1, -0.05) is 0 Å². The quantitative estimate of drug-likeness (QED) is 0.705. The molecule has 0 bridgehead atoms. The van der Waals surface area contributed by atoms with Gasteiger partial charge in [0, 0.05) is 32.5 Å². The van der Waals surface area contributed by atoms with E-state index in [1.54, 1.807) is 6.20 Å². The number of morpholine rings is 1. The normalized spacial score (nSPS) is 20.4. The molecule has 0 aliphatic carbocycles. The van der Waals surface area contributed by atoms with Crippen LogP contribution in [0.1, 0.15) is 6.42 Å². The first kappa shape index (κ1) is 11.9. The first-order valence-corrected chi connectivity index (χ1v) is 5.61. The second-order valence-corrected chi connectivity index (χ2v) is 4.06. The molecule has 1 unspecified atom stereocenters. The number of methoxy groups -OCH3 is 1. The third kappa shape index (κ3) is 2.76. The summed E-state index contributed by atoms with van der Waals surface area (Å²) in [5.41, 5.74) is 0. The highest BCUT2D eigenvalue weighted by Crippen LogP contribution is 2.16. The zero-order valence-electron chi connectivity index (χ0n) is 10.1. The Morgan fingerprint density at radius 1 is 1.71 bits per heavy atom. The van der Waals surface area contributed by atoms with Crippen molar-refractivity contribution in [2.24, 2.45) is 7.05 Å². The first-order chi connectivity index (χ1) is 8.20. The number of carbonyl (C=O) groups is 1. The average Bonchev–Trinajstić information content (AvgIpc) is 2.75. The molecule has 2 heterocycles. The van der Waals surface area contributed by atoms with Crippen LogP contribution in [0.3, 0.4) is 0 Å². The van der Waals surface area contributed by atoms with Gasteiger partial charge in [-0.25, -0.2) is 4.98 Å². The zero-order chi connectivity index (χ0) is 12.3. The lowest BCUT2D eigenvalue weighted by Crippen LogP contribution is -2.44. The smallest absolute Gasteiger partial charge is 0.308 e. The molecule has 2 rings (SSSR count). The molecule has 0 N–H and O–H groups in total. The van der Waals surface area contributed by atoms with Crippen molar-refractivity contribution in [1.29, 1.82) is 0 Å². The number of imidazole rings is 1. The first-order valence-electron chi connectivity index (χ1n) is 5.61. The van der Waals surface area contributed by atoms with Crippen LogP contribution in [0.15, 0.2) is 12.4 Å². The molecule has 0 saturated carbocycles. The summed E-state index contributed by atoms with van der Waals surface area (Å²) in [6, 6.07) is 0. The standard InChI is InChI=1S/C11H17N3O3/c1-13-4-3-12-11(13)14-5-6-17-9(8-14)7-10(15)16-2/h3-4,9H,5-8H2,1-2H3. The predicted molar refractivity (Wildman–Crippen MR) is 61.8 cm³/mol. The summed E-state index contributed by atoms with van der Waals surface area (Å²) in [7, 11) is 3.34. The molecule has 1 aliphatic heterocycles. The van der Waals surface area contributed by atoms with Gasteiger partial charge in [0.05, 0.1) is 26.2 Å². The van der Waals surface area contributed by atoms with Crippen LogP contribution < -0.4 is 4.90 Å². The summed E-state index contributed by atoms with van der Waals surface area (Å²) in [6.45, 7) is 2.07. The van der Waals surface area contributed by atoms with Gasteiger partial charge in [0.2, 0.25) is 5.95 Å². The lowest BCUT2D eigenvalue weighted by molar-refractivity contribution is -0.144. The molecule has 1 aliphatic rings. The van der Waals surface area contributed by atoms with E-state index < -0.39 is 0 Å². The minimum Gasteiger partial charge on any atom is -0.469 e. The summed E-state index contributed by atoms with van der Waals surface area (Å²) in [5.74, 6) is 0.667. The molecule has 1 atom stereocenters. The maximum atomic E-state index is 11.2. The highest BCUT2D eigenvalue weighted by atomic mass is 16.5. The molecule has 1 aromatic rings. The zero-order valence-corrected chi connectivity index (χ0v) is 10.1. The Labute approximate surface area is 100 Å². The van der Waals surface area contributed by atoms with Crippen LogP contribution in [0.2, 0.25) is 0 Å². The summed E-state index contributed by atoms with van der Waals surface area (Å²) in [6.07, 6.45) is 3.84. The highest BCUT2D eigenvalue weighted by molar-refractivity contribution is 5.69. The number of carbonyl (C=O) groups excluding carboxylic acids is 1. The number of aryl methyl sites for hydroxylation is 1. The molecule has 94 valence electrons. The molecule has 1 aromatic heterocycles. The van der Waals surface area contributed by atoms with Gasteiger partial charge in [0.15, 0.2) is 0 Å². The Balaban J connectivity index is 1.98. The van der Waals surface area contributed by atoms with Crippen LogP contribution in [0, 0.1) is 0 Å². The molecule has 6 heteroatoms. The van der Waals surface area contributed by atoms with E-state index in [1.165, 1.54) is 7.11 Å². The molecule has 17 heavy (non-hydrogen) atoms. The molecule has 1 fully saturated rings. The van der Waals surface area contributed by atoms with Crippen molar-refractivity contribution in [3.05, 3.63) is 12.4 Å². The van der Waals surface area contributed by atoms with E-state index >= 15 is 0 Å². The molecule has 0 radical (unpaired) electrons. The number of ether oxygens (including phenoxy) is 2. The van der Waals surface area contributed by atoms with Crippen LogP contribution in [0.5, 0.6) is 0 Å². The summed E-state index contributed by atoms with van der Waals surface area (Å²) in [4.78, 5) is 17.6. The van der Waals surface area contributed by atoms with Gasteiger partial charge >= 0.3 is 5.97 Å². The minimum atomic E-state index is -0.239. The maximum Gasteiger partial charge on any atom is 0.308 e. The summed E-state index contributed by atoms with van der Waals surface area (Å²) < 4.78 is 12.1. The molecular formula is C11H17N3O3. The van der Waals surface area contributed by atoms with Gasteiger partial charge in [-0.3, -0.25) is 4.79 Å². The van der Waals surface area contributed by atoms with Crippen LogP contribution >= 0.6 is 0 Å². The fourth-order valence-corrected chi connectivity index (χ4v) is 1.96. The van der Waals surface area contributed by atoms with Crippen molar-refractivity contribution < 1.29 is 14.3 Å². The average molecular weight is 239 g/mol. The van der Waals surface area contributed by atoms with Crippen LogP contribution in [0.4, 0.5) is 5.95 Å². The fourth-order valence-electron chi connectivity index (χ4n) is 1.96. The molecular weight excluding hydrogens is 222 g/mol. The van der Waals surface area contributed by atoms with E-state index in [0.29, 0.717) is 13.2 Å². The Morgan fingerprint density at radius 2 is 2.53 bits per heavy atom. The topological polar surface area (TPSA) is 56.6 Å². The van der Waals surface area contributed by atoms with Crippen molar-refractivity contribution in [2.45, 2.75) is 12.5 Å². The van der Waals surface area contributed by atoms with Crippen molar-refractivity contribution in [2.75, 3.05) is 31.7 Å². The largest absolute Gasteiger partial charge is 0.469 e. The third-order valence-corrected chi connectivity index (χ3v) is 2.84. The number of hydrogen-bond acceptors (Lipinski definition) is 5. The van der Waals surface area contributed by atoms with Crippen LogP contribution in [-0.4, -0.2) is 48.4 Å². The monoisotopic (exact) mass is 239 g/mol. The van der Waals surface area contributed by atoms with Gasteiger partial charge in [-0.15, -0.1) is 0 Å². The molecule has 0 aromatic carbocycles. The highest BCUT2D eigenvalue weighted by Gasteiger charge is 2.25. The van der Waals surface area contributed by atoms with Crippen molar-refractivity contribution in [3.8, 4) is 0 Å². The number of esters is 1. The van der Waals surface area contributed by atoms with E-state index in [-0.39, 0.29) is 18.5 Å². The van der Waals surface area contributed by atoms with Gasteiger partial charge in [0.1, 0.15) is 0 Å².